The highest BCUT2D eigenvalue weighted by atomic mass is 16.5. The predicted molar refractivity (Wildman–Crippen MR) is 153 cm³/mol. The van der Waals surface area contributed by atoms with Gasteiger partial charge in [0.15, 0.2) is 0 Å². The Labute approximate surface area is 231 Å². The van der Waals surface area contributed by atoms with E-state index in [1.807, 2.05) is 56.3 Å². The van der Waals surface area contributed by atoms with E-state index in [-0.39, 0.29) is 37.1 Å². The highest BCUT2D eigenvalue weighted by molar-refractivity contribution is 5.90. The second-order valence-electron chi connectivity index (χ2n) is 10.0. The summed E-state index contributed by atoms with van der Waals surface area (Å²) < 4.78 is 5.48. The second kappa shape index (κ2) is 11.4. The largest absolute Gasteiger partial charge is 0.449 e. The minimum Gasteiger partial charge on any atom is -0.449 e. The molecule has 0 saturated carbocycles. The number of rotatable bonds is 4. The van der Waals surface area contributed by atoms with Crippen LogP contribution in [0.4, 0.5) is 16.2 Å². The quantitative estimate of drug-likeness (QED) is 0.319. The molecule has 0 unspecified atom stereocenters. The monoisotopic (exact) mass is 538 g/mol. The molecule has 3 N–H and O–H groups in total. The van der Waals surface area contributed by atoms with Crippen LogP contribution in [0.2, 0.25) is 0 Å². The molecule has 4 bridgehead atoms. The maximum atomic E-state index is 14.1. The average molecular weight is 539 g/mol. The van der Waals surface area contributed by atoms with Crippen molar-refractivity contribution < 1.29 is 19.1 Å². The van der Waals surface area contributed by atoms with Gasteiger partial charge in [-0.25, -0.2) is 4.79 Å². The van der Waals surface area contributed by atoms with E-state index in [0.29, 0.717) is 28.6 Å². The molecular weight excluding hydrogens is 508 g/mol. The van der Waals surface area contributed by atoms with E-state index in [1.54, 1.807) is 30.5 Å². The summed E-state index contributed by atoms with van der Waals surface area (Å²) >= 11 is 0. The Balaban J connectivity index is 1.60. The molecule has 2 aliphatic heterocycles. The number of aryl methyl sites for hydroxylation is 1. The lowest BCUT2D eigenvalue weighted by Gasteiger charge is -2.28. The maximum absolute atomic E-state index is 14.1. The molecule has 0 radical (unpaired) electrons. The van der Waals surface area contributed by atoms with Crippen molar-refractivity contribution in [3.05, 3.63) is 106 Å². The zero-order valence-electron chi connectivity index (χ0n) is 22.3. The van der Waals surface area contributed by atoms with E-state index in [0.717, 1.165) is 22.1 Å². The van der Waals surface area contributed by atoms with Crippen LogP contribution in [0.1, 0.15) is 41.1 Å². The summed E-state index contributed by atoms with van der Waals surface area (Å²) in [5.41, 5.74) is 4.25. The summed E-state index contributed by atoms with van der Waals surface area (Å²) in [4.78, 5) is 54.8. The number of nitrogens with zero attached hydrogens (tertiary/aromatic N) is 1. The van der Waals surface area contributed by atoms with Gasteiger partial charge in [0, 0.05) is 35.4 Å². The molecule has 0 spiro atoms. The van der Waals surface area contributed by atoms with Gasteiger partial charge in [0.05, 0.1) is 13.2 Å². The van der Waals surface area contributed by atoms with E-state index < -0.39 is 12.1 Å². The van der Waals surface area contributed by atoms with Crippen molar-refractivity contribution in [3.8, 4) is 0 Å². The first kappa shape index (κ1) is 26.7. The van der Waals surface area contributed by atoms with Crippen LogP contribution >= 0.6 is 0 Å². The van der Waals surface area contributed by atoms with Gasteiger partial charge in [-0.3, -0.25) is 14.9 Å². The minimum atomic E-state index is -0.838. The van der Waals surface area contributed by atoms with E-state index in [1.165, 1.54) is 4.90 Å². The molecule has 0 fully saturated rings. The molecule has 4 aromatic rings. The fourth-order valence-electron chi connectivity index (χ4n) is 5.08. The third-order valence-electron chi connectivity index (χ3n) is 7.11. The number of hydrogen-bond donors (Lipinski definition) is 3. The predicted octanol–water partition coefficient (Wildman–Crippen LogP) is 4.88. The number of pyridine rings is 1. The van der Waals surface area contributed by atoms with Gasteiger partial charge in [-0.2, -0.15) is 0 Å². The molecule has 2 amide bonds. The van der Waals surface area contributed by atoms with Crippen LogP contribution in [-0.4, -0.2) is 41.3 Å². The SMILES string of the molecule is Cc1cc2ccc1[C@@H](C)COC(=O)Nc1cccc(c1)CN(CC=O)C(=O)[C@@H]2Nc1ccc2cc[nH]c(=O)c2c1. The number of fused-ring (bicyclic) bond motifs is 10. The maximum Gasteiger partial charge on any atom is 0.411 e. The number of hydrogen-bond acceptors (Lipinski definition) is 6. The van der Waals surface area contributed by atoms with E-state index in [4.69, 9.17) is 4.74 Å². The van der Waals surface area contributed by atoms with Crippen molar-refractivity contribution in [3.63, 3.8) is 0 Å². The first-order valence-corrected chi connectivity index (χ1v) is 13.1. The number of amides is 2. The Morgan fingerprint density at radius 2 is 1.90 bits per heavy atom. The van der Waals surface area contributed by atoms with Crippen molar-refractivity contribution in [2.24, 2.45) is 0 Å². The van der Waals surface area contributed by atoms with Crippen LogP contribution in [0.15, 0.2) is 77.7 Å². The molecule has 204 valence electrons. The fourth-order valence-corrected chi connectivity index (χ4v) is 5.08. The topological polar surface area (TPSA) is 121 Å². The fraction of sp³-hybridized carbons (Fsp3) is 0.226. The first-order valence-electron chi connectivity index (χ1n) is 13.1. The summed E-state index contributed by atoms with van der Waals surface area (Å²) in [6.45, 7) is 4.13. The number of ether oxygens (including phenoxy) is 1. The molecule has 2 atom stereocenters. The van der Waals surface area contributed by atoms with Gasteiger partial charge in [0.1, 0.15) is 12.3 Å². The molecule has 40 heavy (non-hydrogen) atoms. The van der Waals surface area contributed by atoms with Crippen molar-refractivity contribution in [1.82, 2.24) is 9.88 Å². The van der Waals surface area contributed by atoms with Crippen molar-refractivity contribution >= 4 is 40.4 Å². The smallest absolute Gasteiger partial charge is 0.411 e. The number of carbonyl (C=O) groups excluding carboxylic acids is 3. The van der Waals surface area contributed by atoms with Crippen LogP contribution in [0, 0.1) is 6.92 Å². The van der Waals surface area contributed by atoms with Crippen molar-refractivity contribution in [2.75, 3.05) is 23.8 Å². The third-order valence-corrected chi connectivity index (χ3v) is 7.11. The number of benzene rings is 3. The minimum absolute atomic E-state index is 0.0834. The lowest BCUT2D eigenvalue weighted by Crippen LogP contribution is -2.39. The normalized spacial score (nSPS) is 17.8. The van der Waals surface area contributed by atoms with Crippen molar-refractivity contribution in [1.29, 1.82) is 0 Å². The molecule has 6 rings (SSSR count). The van der Waals surface area contributed by atoms with Gasteiger partial charge in [-0.15, -0.1) is 0 Å². The standard InChI is InChI=1S/C31H30N4O5/c1-19-14-23-7-9-26(19)20(2)18-40-31(39)34-24-5-3-4-21(15-24)17-35(12-13-36)30(38)28(23)33-25-8-6-22-10-11-32-29(37)27(22)16-25/h3-11,13-16,20,28,33H,12,17-18H2,1-2H3,(H,32,37)(H,34,39)/t20-,28+/m0/s1. The zero-order chi connectivity index (χ0) is 28.2. The molecule has 1 aromatic heterocycles. The lowest BCUT2D eigenvalue weighted by molar-refractivity contribution is -0.134. The first-order chi connectivity index (χ1) is 19.3. The number of aromatic amines is 1. The number of nitrogens with one attached hydrogen (secondary N) is 3. The van der Waals surface area contributed by atoms with Gasteiger partial charge in [-0.05, 0) is 64.9 Å². The zero-order valence-corrected chi connectivity index (χ0v) is 22.3. The Bertz CT molecular complexity index is 1650. The van der Waals surface area contributed by atoms with Gasteiger partial charge in [0.25, 0.3) is 5.56 Å². The third kappa shape index (κ3) is 5.73. The number of aromatic nitrogens is 1. The lowest BCUT2D eigenvalue weighted by atomic mass is 9.92. The molecule has 3 aromatic carbocycles. The summed E-state index contributed by atoms with van der Waals surface area (Å²) in [6, 6.07) is 19.1. The summed E-state index contributed by atoms with van der Waals surface area (Å²) in [6.07, 6.45) is 1.72. The second-order valence-corrected chi connectivity index (χ2v) is 10.0. The van der Waals surface area contributed by atoms with E-state index in [9.17, 15) is 19.2 Å². The number of carbonyl (C=O) groups is 3. The average Bonchev–Trinajstić information content (AvgIpc) is 2.94. The van der Waals surface area contributed by atoms with E-state index >= 15 is 0 Å². The molecule has 9 nitrogen and oxygen atoms in total. The van der Waals surface area contributed by atoms with Crippen molar-refractivity contribution in [2.45, 2.75) is 32.4 Å². The molecule has 2 aliphatic rings. The van der Waals surface area contributed by atoms with Gasteiger partial charge < -0.3 is 24.7 Å². The Kier molecular flexibility index (Phi) is 7.63. The number of aldehydes is 1. The highest BCUT2D eigenvalue weighted by Gasteiger charge is 2.27. The highest BCUT2D eigenvalue weighted by Crippen LogP contribution is 2.29. The van der Waals surface area contributed by atoms with Crippen LogP contribution in [0.5, 0.6) is 0 Å². The van der Waals surface area contributed by atoms with Gasteiger partial charge in [0.2, 0.25) is 5.91 Å². The summed E-state index contributed by atoms with van der Waals surface area (Å²) in [7, 11) is 0. The summed E-state index contributed by atoms with van der Waals surface area (Å²) in [5, 5.41) is 7.34. The molecule has 0 saturated heterocycles. The molecule has 3 heterocycles. The summed E-state index contributed by atoms with van der Waals surface area (Å²) in [5.74, 6) is -0.390. The van der Waals surface area contributed by atoms with Gasteiger partial charge in [-0.1, -0.05) is 43.3 Å². The van der Waals surface area contributed by atoms with Crippen LogP contribution in [0.3, 0.4) is 0 Å². The number of anilines is 2. The van der Waals surface area contributed by atoms with Crippen LogP contribution in [0.25, 0.3) is 10.8 Å². The Morgan fingerprint density at radius 1 is 1.05 bits per heavy atom. The molecule has 9 heteroatoms. The molecule has 0 aliphatic carbocycles. The Morgan fingerprint density at radius 3 is 2.70 bits per heavy atom. The van der Waals surface area contributed by atoms with Gasteiger partial charge >= 0.3 is 6.09 Å². The Hall–Kier alpha value is -4.92. The van der Waals surface area contributed by atoms with Crippen LogP contribution in [-0.2, 0) is 20.9 Å². The number of H-pyrrole nitrogens is 1. The van der Waals surface area contributed by atoms with Crippen LogP contribution < -0.4 is 16.2 Å². The van der Waals surface area contributed by atoms with E-state index in [2.05, 4.69) is 15.6 Å². The molecular formula is C31H30N4O5.